The van der Waals surface area contributed by atoms with Crippen molar-refractivity contribution in [2.24, 2.45) is 11.8 Å². The van der Waals surface area contributed by atoms with E-state index in [-0.39, 0.29) is 0 Å². The fourth-order valence-electron chi connectivity index (χ4n) is 4.51. The van der Waals surface area contributed by atoms with E-state index in [2.05, 4.69) is 123 Å². The highest BCUT2D eigenvalue weighted by Crippen LogP contribution is 2.31. The maximum Gasteiger partial charge on any atom is 0.159 e. The summed E-state index contributed by atoms with van der Waals surface area (Å²) >= 11 is 7.20. The van der Waals surface area contributed by atoms with Crippen molar-refractivity contribution in [3.63, 3.8) is 0 Å². The largest absolute Gasteiger partial charge is 0.323 e. The van der Waals surface area contributed by atoms with Gasteiger partial charge in [0.25, 0.3) is 0 Å². The molecule has 0 spiro atoms. The van der Waals surface area contributed by atoms with Crippen LogP contribution in [0.1, 0.15) is 40.5 Å². The first kappa shape index (κ1) is 25.2. The molecule has 0 saturated heterocycles. The fraction of sp³-hybridized carbons (Fsp3) is 0.345. The van der Waals surface area contributed by atoms with Gasteiger partial charge in [-0.15, -0.1) is 0 Å². The predicted molar refractivity (Wildman–Crippen MR) is 156 cm³/mol. The third kappa shape index (κ3) is 5.14. The van der Waals surface area contributed by atoms with E-state index in [4.69, 9.17) is 15.0 Å². The molecule has 0 unspecified atom stereocenters. The molecule has 2 aromatic carbocycles. The van der Waals surface area contributed by atoms with E-state index in [0.717, 1.165) is 80.0 Å². The second-order valence-electron chi connectivity index (χ2n) is 10.2. The van der Waals surface area contributed by atoms with Crippen molar-refractivity contribution in [3.05, 3.63) is 63.5 Å². The van der Waals surface area contributed by atoms with Crippen LogP contribution >= 0.6 is 31.9 Å². The van der Waals surface area contributed by atoms with Crippen molar-refractivity contribution in [1.29, 1.82) is 0 Å². The number of imidazole rings is 2. The van der Waals surface area contributed by atoms with Gasteiger partial charge in [0, 0.05) is 22.0 Å². The molecule has 0 N–H and O–H groups in total. The van der Waals surface area contributed by atoms with E-state index in [1.165, 1.54) is 0 Å². The molecule has 0 aliphatic carbocycles. The molecular formula is C29H31Br2N5. The lowest BCUT2D eigenvalue weighted by Gasteiger charge is -2.13. The summed E-state index contributed by atoms with van der Waals surface area (Å²) in [5.41, 5.74) is 5.96. The Hall–Kier alpha value is -2.51. The van der Waals surface area contributed by atoms with E-state index in [1.54, 1.807) is 0 Å². The van der Waals surface area contributed by atoms with E-state index in [0.29, 0.717) is 11.8 Å². The third-order valence-electron chi connectivity index (χ3n) is 6.49. The quantitative estimate of drug-likeness (QED) is 0.177. The molecule has 5 nitrogen and oxygen atoms in total. The summed E-state index contributed by atoms with van der Waals surface area (Å²) in [5.74, 6) is 3.01. The Bertz CT molecular complexity index is 1420. The van der Waals surface area contributed by atoms with Gasteiger partial charge in [0.2, 0.25) is 0 Å². The van der Waals surface area contributed by atoms with Gasteiger partial charge in [-0.2, -0.15) is 0 Å². The molecule has 0 radical (unpaired) electrons. The fourth-order valence-corrected chi connectivity index (χ4v) is 5.21. The first-order valence-corrected chi connectivity index (χ1v) is 14.2. The second kappa shape index (κ2) is 10.5. The van der Waals surface area contributed by atoms with Crippen molar-refractivity contribution in [1.82, 2.24) is 24.1 Å². The highest BCUT2D eigenvalue weighted by molar-refractivity contribution is 9.10. The summed E-state index contributed by atoms with van der Waals surface area (Å²) in [4.78, 5) is 15.2. The molecule has 0 saturated carbocycles. The Morgan fingerprint density at radius 1 is 0.639 bits per heavy atom. The van der Waals surface area contributed by atoms with Gasteiger partial charge in [-0.1, -0.05) is 65.6 Å². The third-order valence-corrected chi connectivity index (χ3v) is 7.47. The molecule has 3 aromatic heterocycles. The first-order valence-electron chi connectivity index (χ1n) is 12.6. The van der Waals surface area contributed by atoms with Crippen LogP contribution in [0.4, 0.5) is 0 Å². The van der Waals surface area contributed by atoms with Crippen LogP contribution in [-0.4, -0.2) is 24.1 Å². The lowest BCUT2D eigenvalue weighted by Crippen LogP contribution is -2.06. The van der Waals surface area contributed by atoms with Gasteiger partial charge in [-0.05, 0) is 73.2 Å². The molecule has 36 heavy (non-hydrogen) atoms. The number of benzene rings is 2. The Morgan fingerprint density at radius 2 is 1.08 bits per heavy atom. The highest BCUT2D eigenvalue weighted by atomic mass is 79.9. The van der Waals surface area contributed by atoms with Crippen LogP contribution in [0.2, 0.25) is 0 Å². The van der Waals surface area contributed by atoms with Gasteiger partial charge in [0.05, 0.1) is 22.1 Å². The lowest BCUT2D eigenvalue weighted by atomic mass is 10.1. The number of hydrogen-bond donors (Lipinski definition) is 0. The maximum absolute atomic E-state index is 5.13. The number of pyridine rings is 1. The number of hydrogen-bond acceptors (Lipinski definition) is 3. The summed E-state index contributed by atoms with van der Waals surface area (Å²) in [6.45, 7) is 10.8. The van der Waals surface area contributed by atoms with Crippen LogP contribution in [0.5, 0.6) is 0 Å². The molecule has 0 aliphatic rings. The molecule has 3 heterocycles. The minimum Gasteiger partial charge on any atom is -0.323 e. The van der Waals surface area contributed by atoms with Gasteiger partial charge in [-0.3, -0.25) is 0 Å². The highest BCUT2D eigenvalue weighted by Gasteiger charge is 2.18. The zero-order valence-corrected chi connectivity index (χ0v) is 24.3. The van der Waals surface area contributed by atoms with Crippen molar-refractivity contribution < 1.29 is 0 Å². The standard InChI is InChI=1S/C29H31Br2N5/c1-18(2)12-14-35-26-10-8-20(30)16-24(26)33-28(35)22-6-5-7-23(32-22)29-34-25-17-21(31)9-11-27(25)36(29)15-13-19(3)4/h5-11,16-19H,12-15H2,1-4H3. The van der Waals surface area contributed by atoms with Crippen LogP contribution in [0, 0.1) is 11.8 Å². The number of fused-ring (bicyclic) bond motifs is 2. The number of aromatic nitrogens is 5. The van der Waals surface area contributed by atoms with E-state index in [1.807, 2.05) is 0 Å². The zero-order valence-electron chi connectivity index (χ0n) is 21.2. The summed E-state index contributed by atoms with van der Waals surface area (Å²) < 4.78 is 6.68. The van der Waals surface area contributed by atoms with Crippen molar-refractivity contribution >= 4 is 53.9 Å². The average Bonchev–Trinajstić information content (AvgIpc) is 3.38. The van der Waals surface area contributed by atoms with Crippen molar-refractivity contribution in [3.8, 4) is 23.0 Å². The molecular weight excluding hydrogens is 578 g/mol. The zero-order chi connectivity index (χ0) is 25.4. The van der Waals surface area contributed by atoms with Gasteiger partial charge in [0.1, 0.15) is 11.4 Å². The maximum atomic E-state index is 5.13. The van der Waals surface area contributed by atoms with E-state index < -0.39 is 0 Å². The van der Waals surface area contributed by atoms with E-state index in [9.17, 15) is 0 Å². The number of aryl methyl sites for hydroxylation is 2. The number of rotatable bonds is 8. The molecule has 5 aromatic rings. The summed E-state index contributed by atoms with van der Waals surface area (Å²) in [5, 5.41) is 0. The number of nitrogens with zero attached hydrogens (tertiary/aromatic N) is 5. The van der Waals surface area contributed by atoms with Crippen LogP contribution in [0.15, 0.2) is 63.5 Å². The topological polar surface area (TPSA) is 48.5 Å². The summed E-state index contributed by atoms with van der Waals surface area (Å²) in [6, 6.07) is 18.8. The smallest absolute Gasteiger partial charge is 0.159 e. The second-order valence-corrected chi connectivity index (χ2v) is 12.0. The first-order chi connectivity index (χ1) is 17.3. The van der Waals surface area contributed by atoms with E-state index >= 15 is 0 Å². The molecule has 5 rings (SSSR count). The van der Waals surface area contributed by atoms with Crippen molar-refractivity contribution in [2.75, 3.05) is 0 Å². The van der Waals surface area contributed by atoms with Crippen LogP contribution in [-0.2, 0) is 13.1 Å². The molecule has 0 fully saturated rings. The normalized spacial score (nSPS) is 12.0. The van der Waals surface area contributed by atoms with Crippen molar-refractivity contribution in [2.45, 2.75) is 53.6 Å². The predicted octanol–water partition coefficient (Wildman–Crippen LogP) is 8.73. The minimum atomic E-state index is 0.602. The minimum absolute atomic E-state index is 0.602. The Kier molecular flexibility index (Phi) is 7.31. The SMILES string of the molecule is CC(C)CCn1c(-c2cccc(-c3nc4cc(Br)ccc4n3CCC(C)C)n2)nc2cc(Br)ccc21. The molecule has 0 bridgehead atoms. The van der Waals surface area contributed by atoms with Gasteiger partial charge in [0.15, 0.2) is 11.6 Å². The molecule has 7 heteroatoms. The molecule has 186 valence electrons. The number of halogens is 2. The lowest BCUT2D eigenvalue weighted by molar-refractivity contribution is 0.524. The average molecular weight is 609 g/mol. The monoisotopic (exact) mass is 607 g/mol. The summed E-state index contributed by atoms with van der Waals surface area (Å²) in [7, 11) is 0. The van der Waals surface area contributed by atoms with Gasteiger partial charge >= 0.3 is 0 Å². The molecule has 0 atom stereocenters. The Balaban J connectivity index is 1.64. The summed E-state index contributed by atoms with van der Waals surface area (Å²) in [6.07, 6.45) is 2.15. The van der Waals surface area contributed by atoms with Crippen LogP contribution < -0.4 is 0 Å². The molecule has 0 aliphatic heterocycles. The van der Waals surface area contributed by atoms with Gasteiger partial charge in [-0.25, -0.2) is 15.0 Å². The van der Waals surface area contributed by atoms with Gasteiger partial charge < -0.3 is 9.13 Å². The van der Waals surface area contributed by atoms with Crippen LogP contribution in [0.25, 0.3) is 45.1 Å². The van der Waals surface area contributed by atoms with Crippen LogP contribution in [0.3, 0.4) is 0 Å². The molecule has 0 amide bonds. The Labute approximate surface area is 229 Å². The Morgan fingerprint density at radius 3 is 1.50 bits per heavy atom.